The zero-order chi connectivity index (χ0) is 7.40. The van der Waals surface area contributed by atoms with E-state index in [1.165, 1.54) is 0 Å². The summed E-state index contributed by atoms with van der Waals surface area (Å²) in [4.78, 5) is 0. The molecule has 1 heterocycles. The van der Waals surface area contributed by atoms with Gasteiger partial charge in [0.15, 0.2) is 0 Å². The Kier molecular flexibility index (Phi) is 3.35. The highest BCUT2D eigenvalue weighted by Gasteiger charge is 2.15. The molecule has 0 spiro atoms. The van der Waals surface area contributed by atoms with Crippen molar-refractivity contribution in [1.82, 2.24) is 5.32 Å². The first-order chi connectivity index (χ1) is 4.83. The Morgan fingerprint density at radius 2 is 2.10 bits per heavy atom. The minimum absolute atomic E-state index is 0.504. The van der Waals surface area contributed by atoms with E-state index in [1.807, 2.05) is 0 Å². The third kappa shape index (κ3) is 2.39. The van der Waals surface area contributed by atoms with Crippen molar-refractivity contribution < 1.29 is 4.21 Å². The molecule has 1 N–H and O–H groups in total. The van der Waals surface area contributed by atoms with Crippen LogP contribution in [0.4, 0.5) is 0 Å². The maximum Gasteiger partial charge on any atom is 0.0249 e. The quantitative estimate of drug-likeness (QED) is 0.639. The Morgan fingerprint density at radius 1 is 1.50 bits per heavy atom. The van der Waals surface area contributed by atoms with Crippen LogP contribution in [0.1, 0.15) is 19.8 Å². The van der Waals surface area contributed by atoms with Crippen molar-refractivity contribution >= 4 is 10.8 Å². The highest BCUT2D eigenvalue weighted by atomic mass is 32.2. The van der Waals surface area contributed by atoms with E-state index < -0.39 is 10.8 Å². The zero-order valence-corrected chi connectivity index (χ0v) is 7.25. The Bertz CT molecular complexity index is 117. The van der Waals surface area contributed by atoms with E-state index in [9.17, 15) is 4.21 Å². The molecule has 1 fully saturated rings. The molecule has 1 aliphatic rings. The lowest BCUT2D eigenvalue weighted by Crippen LogP contribution is -2.35. The van der Waals surface area contributed by atoms with Gasteiger partial charge in [0.25, 0.3) is 0 Å². The number of hydrogen-bond donors (Lipinski definition) is 1. The molecule has 0 atom stereocenters. The van der Waals surface area contributed by atoms with Crippen LogP contribution in [-0.4, -0.2) is 28.3 Å². The van der Waals surface area contributed by atoms with Crippen LogP contribution >= 0.6 is 0 Å². The maximum atomic E-state index is 10.9. The number of hydrogen-bond acceptors (Lipinski definition) is 2. The summed E-state index contributed by atoms with van der Waals surface area (Å²) in [5.41, 5.74) is 0. The predicted octanol–water partition coefficient (Wildman–Crippen LogP) is 0.507. The molecule has 0 radical (unpaired) electrons. The van der Waals surface area contributed by atoms with Crippen LogP contribution in [0, 0.1) is 0 Å². The molecule has 1 aliphatic heterocycles. The molecule has 0 bridgehead atoms. The third-order valence-electron chi connectivity index (χ3n) is 1.88. The van der Waals surface area contributed by atoms with Gasteiger partial charge in [-0.2, -0.15) is 0 Å². The summed E-state index contributed by atoms with van der Waals surface area (Å²) in [6.45, 7) is 3.16. The summed E-state index contributed by atoms with van der Waals surface area (Å²) >= 11 is 0. The Morgan fingerprint density at radius 3 is 2.60 bits per heavy atom. The van der Waals surface area contributed by atoms with E-state index in [1.54, 1.807) is 0 Å². The lowest BCUT2D eigenvalue weighted by molar-refractivity contribution is 0.489. The number of rotatable bonds is 2. The van der Waals surface area contributed by atoms with Crippen LogP contribution in [0.3, 0.4) is 0 Å². The summed E-state index contributed by atoms with van der Waals surface area (Å²) in [7, 11) is -0.504. The Hall–Kier alpha value is 0.110. The molecule has 10 heavy (non-hydrogen) atoms. The molecular formula is C7H15NOS. The smallest absolute Gasteiger partial charge is 0.0249 e. The van der Waals surface area contributed by atoms with Crippen LogP contribution in [0.15, 0.2) is 0 Å². The molecule has 0 aromatic rings. The zero-order valence-electron chi connectivity index (χ0n) is 6.43. The van der Waals surface area contributed by atoms with Gasteiger partial charge in [0.1, 0.15) is 0 Å². The SMILES string of the molecule is CCNC1CCS(=O)CC1. The van der Waals surface area contributed by atoms with E-state index in [4.69, 9.17) is 0 Å². The molecule has 0 amide bonds. The monoisotopic (exact) mass is 161 g/mol. The second-order valence-electron chi connectivity index (χ2n) is 2.68. The van der Waals surface area contributed by atoms with Gasteiger partial charge in [-0.15, -0.1) is 0 Å². The second kappa shape index (κ2) is 4.09. The molecule has 0 aliphatic carbocycles. The average molecular weight is 161 g/mol. The Balaban J connectivity index is 2.19. The van der Waals surface area contributed by atoms with Gasteiger partial charge in [-0.25, -0.2) is 0 Å². The fourth-order valence-corrected chi connectivity index (χ4v) is 2.59. The van der Waals surface area contributed by atoms with Crippen molar-refractivity contribution in [3.8, 4) is 0 Å². The van der Waals surface area contributed by atoms with Gasteiger partial charge in [0, 0.05) is 28.3 Å². The van der Waals surface area contributed by atoms with Gasteiger partial charge in [0.05, 0.1) is 0 Å². The molecule has 1 saturated heterocycles. The van der Waals surface area contributed by atoms with Crippen LogP contribution in [-0.2, 0) is 10.8 Å². The number of nitrogens with one attached hydrogen (secondary N) is 1. The molecule has 2 nitrogen and oxygen atoms in total. The lowest BCUT2D eigenvalue weighted by atomic mass is 10.1. The van der Waals surface area contributed by atoms with Crippen molar-refractivity contribution in [2.24, 2.45) is 0 Å². The first-order valence-corrected chi connectivity index (χ1v) is 5.40. The third-order valence-corrected chi connectivity index (χ3v) is 3.26. The first-order valence-electron chi connectivity index (χ1n) is 3.91. The molecular weight excluding hydrogens is 146 g/mol. The fraction of sp³-hybridized carbons (Fsp3) is 1.00. The van der Waals surface area contributed by atoms with Crippen molar-refractivity contribution in [2.45, 2.75) is 25.8 Å². The Labute approximate surface area is 64.8 Å². The van der Waals surface area contributed by atoms with E-state index in [0.717, 1.165) is 30.9 Å². The first kappa shape index (κ1) is 8.21. The highest BCUT2D eigenvalue weighted by Crippen LogP contribution is 2.08. The normalized spacial score (nSPS) is 34.1. The predicted molar refractivity (Wildman–Crippen MR) is 44.6 cm³/mol. The summed E-state index contributed by atoms with van der Waals surface area (Å²) in [6.07, 6.45) is 2.20. The van der Waals surface area contributed by atoms with Crippen LogP contribution in [0.2, 0.25) is 0 Å². The largest absolute Gasteiger partial charge is 0.314 e. The minimum atomic E-state index is -0.504. The summed E-state index contributed by atoms with van der Waals surface area (Å²) < 4.78 is 10.9. The maximum absolute atomic E-state index is 10.9. The molecule has 0 aromatic carbocycles. The molecule has 0 saturated carbocycles. The fourth-order valence-electron chi connectivity index (χ4n) is 1.29. The van der Waals surface area contributed by atoms with E-state index in [-0.39, 0.29) is 0 Å². The van der Waals surface area contributed by atoms with Crippen LogP contribution < -0.4 is 5.32 Å². The van der Waals surface area contributed by atoms with Crippen molar-refractivity contribution in [3.63, 3.8) is 0 Å². The van der Waals surface area contributed by atoms with E-state index in [2.05, 4.69) is 12.2 Å². The molecule has 3 heteroatoms. The average Bonchev–Trinajstić information content (AvgIpc) is 1.95. The lowest BCUT2D eigenvalue weighted by Gasteiger charge is -2.21. The van der Waals surface area contributed by atoms with Gasteiger partial charge >= 0.3 is 0 Å². The van der Waals surface area contributed by atoms with Crippen LogP contribution in [0.5, 0.6) is 0 Å². The van der Waals surface area contributed by atoms with Gasteiger partial charge in [0.2, 0.25) is 0 Å². The topological polar surface area (TPSA) is 29.1 Å². The van der Waals surface area contributed by atoms with Crippen LogP contribution in [0.25, 0.3) is 0 Å². The summed E-state index contributed by atoms with van der Waals surface area (Å²) in [5, 5.41) is 3.37. The second-order valence-corrected chi connectivity index (χ2v) is 4.38. The van der Waals surface area contributed by atoms with Gasteiger partial charge in [-0.3, -0.25) is 4.21 Å². The van der Waals surface area contributed by atoms with Gasteiger partial charge in [-0.05, 0) is 19.4 Å². The van der Waals surface area contributed by atoms with E-state index >= 15 is 0 Å². The standard InChI is InChI=1S/C7H15NOS/c1-2-8-7-3-5-10(9)6-4-7/h7-8H,2-6H2,1H3. The summed E-state index contributed by atoms with van der Waals surface area (Å²) in [6, 6.07) is 0.641. The van der Waals surface area contributed by atoms with Crippen molar-refractivity contribution in [3.05, 3.63) is 0 Å². The molecule has 0 unspecified atom stereocenters. The van der Waals surface area contributed by atoms with Gasteiger partial charge < -0.3 is 5.32 Å². The molecule has 1 rings (SSSR count). The van der Waals surface area contributed by atoms with Crippen molar-refractivity contribution in [2.75, 3.05) is 18.1 Å². The van der Waals surface area contributed by atoms with Crippen molar-refractivity contribution in [1.29, 1.82) is 0 Å². The minimum Gasteiger partial charge on any atom is -0.314 e. The highest BCUT2D eigenvalue weighted by molar-refractivity contribution is 7.85. The van der Waals surface area contributed by atoms with Gasteiger partial charge in [-0.1, -0.05) is 6.92 Å². The van der Waals surface area contributed by atoms with E-state index in [0.29, 0.717) is 6.04 Å². The molecule has 60 valence electrons. The molecule has 0 aromatic heterocycles. The summed E-state index contributed by atoms with van der Waals surface area (Å²) in [5.74, 6) is 1.80.